The van der Waals surface area contributed by atoms with Gasteiger partial charge in [0.15, 0.2) is 0 Å². The van der Waals surface area contributed by atoms with Crippen molar-refractivity contribution in [2.45, 2.75) is 19.3 Å². The molecule has 2 aliphatic heterocycles. The number of hydrogen-bond donors (Lipinski definition) is 0. The average molecular weight is 296 g/mol. The molecule has 0 atom stereocenters. The molecule has 1 aromatic carbocycles. The first-order valence-corrected chi connectivity index (χ1v) is 7.23. The van der Waals surface area contributed by atoms with Gasteiger partial charge in [-0.25, -0.2) is 0 Å². The van der Waals surface area contributed by atoms with Crippen molar-refractivity contribution >= 4 is 21.6 Å². The molecule has 92 valence electrons. The standard InChI is InChI=1S/C14H18BrNO/c15-13-2-1-12-3-6-16(14(12)9-13)10-11-4-7-17-8-5-11/h1-2,9,11H,3-8,10H2. The van der Waals surface area contributed by atoms with Gasteiger partial charge in [-0.15, -0.1) is 0 Å². The lowest BCUT2D eigenvalue weighted by Crippen LogP contribution is -2.31. The van der Waals surface area contributed by atoms with Crippen LogP contribution in [0.15, 0.2) is 22.7 Å². The van der Waals surface area contributed by atoms with Crippen molar-refractivity contribution in [2.75, 3.05) is 31.2 Å². The maximum Gasteiger partial charge on any atom is 0.0469 e. The smallest absolute Gasteiger partial charge is 0.0469 e. The Balaban J connectivity index is 1.72. The Bertz CT molecular complexity index is 401. The van der Waals surface area contributed by atoms with Crippen molar-refractivity contribution in [3.05, 3.63) is 28.2 Å². The summed E-state index contributed by atoms with van der Waals surface area (Å²) >= 11 is 3.57. The van der Waals surface area contributed by atoms with Gasteiger partial charge >= 0.3 is 0 Å². The molecule has 1 saturated heterocycles. The lowest BCUT2D eigenvalue weighted by molar-refractivity contribution is 0.0683. The highest BCUT2D eigenvalue weighted by Gasteiger charge is 2.23. The summed E-state index contributed by atoms with van der Waals surface area (Å²) in [5, 5.41) is 0. The van der Waals surface area contributed by atoms with E-state index in [1.165, 1.54) is 48.1 Å². The fourth-order valence-electron chi connectivity index (χ4n) is 2.85. The van der Waals surface area contributed by atoms with E-state index in [9.17, 15) is 0 Å². The zero-order chi connectivity index (χ0) is 11.7. The van der Waals surface area contributed by atoms with E-state index in [1.807, 2.05) is 0 Å². The van der Waals surface area contributed by atoms with Gasteiger partial charge in [0, 0.05) is 36.5 Å². The Labute approximate surface area is 111 Å². The van der Waals surface area contributed by atoms with Crippen LogP contribution in [-0.4, -0.2) is 26.3 Å². The number of fused-ring (bicyclic) bond motifs is 1. The SMILES string of the molecule is Brc1ccc2c(c1)N(CC1CCOCC1)CC2. The Morgan fingerprint density at radius 1 is 1.29 bits per heavy atom. The number of ether oxygens (including phenoxy) is 1. The van der Waals surface area contributed by atoms with E-state index in [0.29, 0.717) is 0 Å². The highest BCUT2D eigenvalue weighted by molar-refractivity contribution is 9.10. The van der Waals surface area contributed by atoms with E-state index in [2.05, 4.69) is 39.0 Å². The first-order valence-electron chi connectivity index (χ1n) is 6.44. The lowest BCUT2D eigenvalue weighted by Gasteiger charge is -2.28. The van der Waals surface area contributed by atoms with Gasteiger partial charge in [0.1, 0.15) is 0 Å². The third kappa shape index (κ3) is 2.50. The Morgan fingerprint density at radius 2 is 2.12 bits per heavy atom. The molecule has 0 bridgehead atoms. The maximum atomic E-state index is 5.43. The summed E-state index contributed by atoms with van der Waals surface area (Å²) in [5.74, 6) is 0.814. The fraction of sp³-hybridized carbons (Fsp3) is 0.571. The number of nitrogens with zero attached hydrogens (tertiary/aromatic N) is 1. The largest absolute Gasteiger partial charge is 0.381 e. The normalized spacial score (nSPS) is 20.6. The predicted octanol–water partition coefficient (Wildman–Crippen LogP) is 3.24. The average Bonchev–Trinajstić information content (AvgIpc) is 2.73. The van der Waals surface area contributed by atoms with E-state index >= 15 is 0 Å². The first kappa shape index (κ1) is 11.5. The summed E-state index contributed by atoms with van der Waals surface area (Å²) in [4.78, 5) is 2.55. The van der Waals surface area contributed by atoms with Crippen LogP contribution in [0, 0.1) is 5.92 Å². The van der Waals surface area contributed by atoms with Crippen molar-refractivity contribution in [1.82, 2.24) is 0 Å². The third-order valence-corrected chi connectivity index (χ3v) is 4.35. The minimum Gasteiger partial charge on any atom is -0.381 e. The molecule has 0 unspecified atom stereocenters. The highest BCUT2D eigenvalue weighted by atomic mass is 79.9. The van der Waals surface area contributed by atoms with Crippen molar-refractivity contribution in [1.29, 1.82) is 0 Å². The molecular weight excluding hydrogens is 278 g/mol. The lowest BCUT2D eigenvalue weighted by atomic mass is 10.00. The van der Waals surface area contributed by atoms with Crippen LogP contribution in [0.25, 0.3) is 0 Å². The van der Waals surface area contributed by atoms with E-state index < -0.39 is 0 Å². The molecule has 2 aliphatic rings. The Morgan fingerprint density at radius 3 is 2.94 bits per heavy atom. The van der Waals surface area contributed by atoms with Crippen LogP contribution in [-0.2, 0) is 11.2 Å². The van der Waals surface area contributed by atoms with E-state index in [1.54, 1.807) is 0 Å². The molecule has 2 nitrogen and oxygen atoms in total. The quantitative estimate of drug-likeness (QED) is 0.830. The van der Waals surface area contributed by atoms with Gasteiger partial charge in [0.25, 0.3) is 0 Å². The number of rotatable bonds is 2. The zero-order valence-corrected chi connectivity index (χ0v) is 11.6. The molecule has 0 amide bonds. The molecular formula is C14H18BrNO. The van der Waals surface area contributed by atoms with Crippen LogP contribution >= 0.6 is 15.9 Å². The van der Waals surface area contributed by atoms with E-state index in [4.69, 9.17) is 4.74 Å². The van der Waals surface area contributed by atoms with Gasteiger partial charge in [-0.2, -0.15) is 0 Å². The van der Waals surface area contributed by atoms with Gasteiger partial charge in [0.05, 0.1) is 0 Å². The van der Waals surface area contributed by atoms with Crippen molar-refractivity contribution in [3.63, 3.8) is 0 Å². The molecule has 1 fully saturated rings. The number of anilines is 1. The molecule has 17 heavy (non-hydrogen) atoms. The predicted molar refractivity (Wildman–Crippen MR) is 73.6 cm³/mol. The second kappa shape index (κ2) is 4.99. The fourth-order valence-corrected chi connectivity index (χ4v) is 3.20. The number of halogens is 1. The summed E-state index contributed by atoms with van der Waals surface area (Å²) in [5.41, 5.74) is 2.94. The second-order valence-corrected chi connectivity index (χ2v) is 5.94. The molecule has 1 aromatic rings. The van der Waals surface area contributed by atoms with Crippen molar-refractivity contribution in [3.8, 4) is 0 Å². The van der Waals surface area contributed by atoms with Crippen molar-refractivity contribution < 1.29 is 4.74 Å². The summed E-state index contributed by atoms with van der Waals surface area (Å²) in [6.45, 7) is 4.28. The van der Waals surface area contributed by atoms with Crippen LogP contribution in [0.2, 0.25) is 0 Å². The first-order chi connectivity index (χ1) is 8.33. The summed E-state index contributed by atoms with van der Waals surface area (Å²) in [6, 6.07) is 6.67. The summed E-state index contributed by atoms with van der Waals surface area (Å²) in [6.07, 6.45) is 3.64. The maximum absolute atomic E-state index is 5.43. The van der Waals surface area contributed by atoms with Gasteiger partial charge in [0.2, 0.25) is 0 Å². The Kier molecular flexibility index (Phi) is 3.39. The summed E-state index contributed by atoms with van der Waals surface area (Å²) in [7, 11) is 0. The highest BCUT2D eigenvalue weighted by Crippen LogP contribution is 2.32. The molecule has 3 rings (SSSR count). The molecule has 0 aliphatic carbocycles. The third-order valence-electron chi connectivity index (χ3n) is 3.86. The van der Waals surface area contributed by atoms with Crippen LogP contribution in [0.5, 0.6) is 0 Å². The second-order valence-electron chi connectivity index (χ2n) is 5.02. The van der Waals surface area contributed by atoms with Gasteiger partial charge in [-0.3, -0.25) is 0 Å². The number of hydrogen-bond acceptors (Lipinski definition) is 2. The molecule has 2 heterocycles. The molecule has 0 saturated carbocycles. The Hall–Kier alpha value is -0.540. The minimum absolute atomic E-state index is 0.814. The molecule has 0 N–H and O–H groups in total. The summed E-state index contributed by atoms with van der Waals surface area (Å²) < 4.78 is 6.62. The zero-order valence-electron chi connectivity index (χ0n) is 9.99. The van der Waals surface area contributed by atoms with Crippen LogP contribution < -0.4 is 4.90 Å². The minimum atomic E-state index is 0.814. The molecule has 3 heteroatoms. The number of benzene rings is 1. The monoisotopic (exact) mass is 295 g/mol. The van der Waals surface area contributed by atoms with E-state index in [-0.39, 0.29) is 0 Å². The van der Waals surface area contributed by atoms with Crippen LogP contribution in [0.4, 0.5) is 5.69 Å². The van der Waals surface area contributed by atoms with Crippen LogP contribution in [0.1, 0.15) is 18.4 Å². The molecule has 0 aromatic heterocycles. The van der Waals surface area contributed by atoms with Gasteiger partial charge < -0.3 is 9.64 Å². The van der Waals surface area contributed by atoms with E-state index in [0.717, 1.165) is 19.1 Å². The topological polar surface area (TPSA) is 12.5 Å². The van der Waals surface area contributed by atoms with Gasteiger partial charge in [-0.1, -0.05) is 22.0 Å². The van der Waals surface area contributed by atoms with Gasteiger partial charge in [-0.05, 0) is 42.9 Å². The molecule has 0 spiro atoms. The van der Waals surface area contributed by atoms with Crippen LogP contribution in [0.3, 0.4) is 0 Å². The van der Waals surface area contributed by atoms with Crippen molar-refractivity contribution in [2.24, 2.45) is 5.92 Å². The molecule has 0 radical (unpaired) electrons.